The summed E-state index contributed by atoms with van der Waals surface area (Å²) < 4.78 is 17.6. The Morgan fingerprint density at radius 3 is 2.42 bits per heavy atom. The van der Waals surface area contributed by atoms with Crippen LogP contribution in [0.15, 0.2) is 91.0 Å². The van der Waals surface area contributed by atoms with Crippen LogP contribution in [0, 0.1) is 11.8 Å². The van der Waals surface area contributed by atoms with Crippen LogP contribution in [0.4, 0.5) is 16.2 Å². The van der Waals surface area contributed by atoms with Gasteiger partial charge in [0.1, 0.15) is 17.5 Å². The van der Waals surface area contributed by atoms with E-state index in [9.17, 15) is 19.5 Å². The molecular weight excluding hydrogens is 783 g/mol. The maximum atomic E-state index is 13.4. The van der Waals surface area contributed by atoms with Crippen molar-refractivity contribution in [3.8, 4) is 22.6 Å². The highest BCUT2D eigenvalue weighted by Gasteiger charge is 2.42. The first-order valence-electron chi connectivity index (χ1n) is 22.6. The Labute approximate surface area is 365 Å². The molecule has 4 aromatic carbocycles. The fourth-order valence-electron chi connectivity index (χ4n) is 9.88. The van der Waals surface area contributed by atoms with Crippen molar-refractivity contribution >= 4 is 29.3 Å². The van der Waals surface area contributed by atoms with Crippen LogP contribution in [-0.2, 0) is 38.3 Å². The van der Waals surface area contributed by atoms with Crippen molar-refractivity contribution in [2.24, 2.45) is 11.8 Å². The van der Waals surface area contributed by atoms with Crippen molar-refractivity contribution in [3.63, 3.8) is 0 Å². The summed E-state index contributed by atoms with van der Waals surface area (Å²) in [5, 5.41) is 19.3. The molecule has 4 N–H and O–H groups in total. The molecule has 2 saturated carbocycles. The second-order valence-corrected chi connectivity index (χ2v) is 17.3. The summed E-state index contributed by atoms with van der Waals surface area (Å²) in [6, 6.07) is 30.4. The number of nitrogens with one attached hydrogen (secondary N) is 3. The number of rotatable bonds is 19. The van der Waals surface area contributed by atoms with Crippen LogP contribution in [-0.4, -0.2) is 104 Å². The van der Waals surface area contributed by atoms with Gasteiger partial charge in [-0.25, -0.2) is 4.79 Å². The molecule has 2 aliphatic heterocycles. The molecule has 3 amide bonds. The predicted octanol–water partition coefficient (Wildman–Crippen LogP) is 7.44. The number of phenolic OH excluding ortho intramolecular Hbond substituents is 1. The van der Waals surface area contributed by atoms with E-state index in [0.29, 0.717) is 69.0 Å². The number of aromatic hydroxyl groups is 1. The van der Waals surface area contributed by atoms with Crippen LogP contribution in [0.5, 0.6) is 11.5 Å². The van der Waals surface area contributed by atoms with E-state index in [1.54, 1.807) is 6.07 Å². The largest absolute Gasteiger partial charge is 0.506 e. The molecule has 62 heavy (non-hydrogen) atoms. The standard InChI is InChI=1S/C50H61N5O7/c56-45-18-17-38(49-48(45)53-46(57)34-61-49)19-23-51-24-26-55(41-13-4-5-14-41)47(58)22-28-60-27-21-36-10-8-9-35(29-36)20-25-54-32-39-30-42(31-40(39)33-54)62-50(59)52-44-16-7-6-15-43(44)37-11-2-1-3-12-37/h1-3,6-12,15-18,29,39-42,51,56H,4-5,13-14,19-28,30-34H2,(H,52,59)(H,53,57)/t39-,40?,42?/m0/s1. The molecule has 3 atom stereocenters. The lowest BCUT2D eigenvalue weighted by atomic mass is 10.0. The van der Waals surface area contributed by atoms with Crippen LogP contribution < -0.4 is 20.7 Å². The van der Waals surface area contributed by atoms with Crippen LogP contribution in [0.1, 0.15) is 61.6 Å². The Bertz CT molecular complexity index is 2130. The summed E-state index contributed by atoms with van der Waals surface area (Å²) in [5.41, 5.74) is 6.61. The van der Waals surface area contributed by atoms with Gasteiger partial charge in [0.05, 0.1) is 25.3 Å². The maximum Gasteiger partial charge on any atom is 0.411 e. The van der Waals surface area contributed by atoms with Crippen LogP contribution >= 0.6 is 0 Å². The molecule has 328 valence electrons. The Hall–Kier alpha value is -5.43. The van der Waals surface area contributed by atoms with Crippen molar-refractivity contribution in [1.29, 1.82) is 0 Å². The average molecular weight is 844 g/mol. The Balaban J connectivity index is 0.707. The van der Waals surface area contributed by atoms with Gasteiger partial charge >= 0.3 is 6.09 Å². The molecular formula is C50H61N5O7. The number of carbonyl (C=O) groups is 3. The van der Waals surface area contributed by atoms with Crippen molar-refractivity contribution in [2.75, 3.05) is 69.7 Å². The molecule has 0 bridgehead atoms. The summed E-state index contributed by atoms with van der Waals surface area (Å²) >= 11 is 0. The number of phenols is 1. The van der Waals surface area contributed by atoms with E-state index >= 15 is 0 Å². The van der Waals surface area contributed by atoms with Gasteiger partial charge in [0.25, 0.3) is 5.91 Å². The normalized spacial score (nSPS) is 19.7. The first-order chi connectivity index (χ1) is 30.4. The number of anilines is 2. The second-order valence-electron chi connectivity index (χ2n) is 17.3. The molecule has 8 rings (SSSR count). The van der Waals surface area contributed by atoms with Gasteiger partial charge in [-0.05, 0) is 97.7 Å². The molecule has 12 nitrogen and oxygen atoms in total. The number of carbonyl (C=O) groups excluding carboxylic acids is 3. The van der Waals surface area contributed by atoms with E-state index in [-0.39, 0.29) is 42.4 Å². The number of para-hydroxylation sites is 1. The predicted molar refractivity (Wildman–Crippen MR) is 240 cm³/mol. The quantitative estimate of drug-likeness (QED) is 0.0560. The third-order valence-corrected chi connectivity index (χ3v) is 13.0. The van der Waals surface area contributed by atoms with Gasteiger partial charge < -0.3 is 39.8 Å². The van der Waals surface area contributed by atoms with Gasteiger partial charge in [-0.15, -0.1) is 0 Å². The summed E-state index contributed by atoms with van der Waals surface area (Å²) in [5.74, 6) is 1.50. The number of hydrogen-bond acceptors (Lipinski definition) is 9. The lowest BCUT2D eigenvalue weighted by molar-refractivity contribution is -0.134. The first kappa shape index (κ1) is 43.2. The van der Waals surface area contributed by atoms with Crippen molar-refractivity contribution in [3.05, 3.63) is 108 Å². The maximum absolute atomic E-state index is 13.4. The van der Waals surface area contributed by atoms with Crippen LogP contribution in [0.3, 0.4) is 0 Å². The highest BCUT2D eigenvalue weighted by molar-refractivity contribution is 5.97. The van der Waals surface area contributed by atoms with Gasteiger partial charge in [0.15, 0.2) is 12.4 Å². The Kier molecular flexibility index (Phi) is 14.7. The zero-order valence-corrected chi connectivity index (χ0v) is 35.7. The zero-order chi connectivity index (χ0) is 42.7. The minimum absolute atomic E-state index is 0.00458. The third kappa shape index (κ3) is 11.3. The summed E-state index contributed by atoms with van der Waals surface area (Å²) in [7, 11) is 0. The number of ether oxygens (including phenoxy) is 3. The van der Waals surface area contributed by atoms with Crippen LogP contribution in [0.2, 0.25) is 0 Å². The smallest absolute Gasteiger partial charge is 0.411 e. The van der Waals surface area contributed by atoms with Gasteiger partial charge in [-0.1, -0.05) is 91.7 Å². The fraction of sp³-hybridized carbons (Fsp3) is 0.460. The lowest BCUT2D eigenvalue weighted by Gasteiger charge is -2.29. The topological polar surface area (TPSA) is 142 Å². The monoisotopic (exact) mass is 843 g/mol. The highest BCUT2D eigenvalue weighted by Crippen LogP contribution is 2.41. The molecule has 4 aliphatic rings. The number of likely N-dealkylation sites (tertiary alicyclic amines) is 1. The number of benzene rings is 4. The molecule has 4 aromatic rings. The summed E-state index contributed by atoms with van der Waals surface area (Å²) in [6.45, 7) is 6.03. The minimum Gasteiger partial charge on any atom is -0.506 e. The molecule has 2 aliphatic carbocycles. The summed E-state index contributed by atoms with van der Waals surface area (Å²) in [6.07, 6.45) is 8.65. The summed E-state index contributed by atoms with van der Waals surface area (Å²) in [4.78, 5) is 42.8. The van der Waals surface area contributed by atoms with Gasteiger partial charge in [-0.3, -0.25) is 14.9 Å². The molecule has 0 aromatic heterocycles. The van der Waals surface area contributed by atoms with Crippen molar-refractivity contribution in [2.45, 2.75) is 76.4 Å². The highest BCUT2D eigenvalue weighted by atomic mass is 16.6. The Morgan fingerprint density at radius 2 is 1.61 bits per heavy atom. The number of amides is 3. The van der Waals surface area contributed by atoms with Crippen molar-refractivity contribution in [1.82, 2.24) is 15.1 Å². The molecule has 0 radical (unpaired) electrons. The van der Waals surface area contributed by atoms with Crippen LogP contribution in [0.25, 0.3) is 11.1 Å². The van der Waals surface area contributed by atoms with E-state index in [2.05, 4.69) is 50.0 Å². The Morgan fingerprint density at radius 1 is 0.855 bits per heavy atom. The minimum atomic E-state index is -0.380. The van der Waals surface area contributed by atoms with Gasteiger partial charge in [-0.2, -0.15) is 0 Å². The van der Waals surface area contributed by atoms with E-state index in [4.69, 9.17) is 14.2 Å². The number of nitrogens with zero attached hydrogens (tertiary/aromatic N) is 2. The van der Waals surface area contributed by atoms with Crippen molar-refractivity contribution < 1.29 is 33.7 Å². The SMILES string of the molecule is O=C1COc2c(CCNCCN(C(=O)CCOCCc3cccc(CCN4CC5CC(OC(=O)Nc6ccccc6-c6ccccc6)C[C@H]5C4)c3)C3CCCC3)ccc(O)c2N1. The third-order valence-electron chi connectivity index (χ3n) is 13.0. The molecule has 1 saturated heterocycles. The average Bonchev–Trinajstić information content (AvgIpc) is 4.04. The lowest BCUT2D eigenvalue weighted by Crippen LogP contribution is -2.43. The second kappa shape index (κ2) is 21.1. The zero-order valence-electron chi connectivity index (χ0n) is 35.7. The molecule has 12 heteroatoms. The molecule has 3 fully saturated rings. The van der Waals surface area contributed by atoms with E-state index in [1.165, 1.54) is 11.1 Å². The van der Waals surface area contributed by atoms with E-state index in [1.807, 2.05) is 60.7 Å². The number of hydrogen-bond donors (Lipinski definition) is 4. The fourth-order valence-corrected chi connectivity index (χ4v) is 9.88. The number of fused-ring (bicyclic) bond motifs is 2. The van der Waals surface area contributed by atoms with Gasteiger partial charge in [0, 0.05) is 44.3 Å². The van der Waals surface area contributed by atoms with E-state index < -0.39 is 0 Å². The van der Waals surface area contributed by atoms with Gasteiger partial charge in [0.2, 0.25) is 5.91 Å². The first-order valence-corrected chi connectivity index (χ1v) is 22.6. The van der Waals surface area contributed by atoms with E-state index in [0.717, 1.165) is 93.4 Å². The molecule has 2 unspecified atom stereocenters. The molecule has 0 spiro atoms. The molecule has 2 heterocycles.